The number of benzene rings is 2. The molecule has 0 atom stereocenters. The number of aromatic nitrogens is 1. The molecule has 3 amide bonds. The molecular weight excluding hydrogens is 426 g/mol. The standard InChI is InChI=1S/C24H21N3O4S/c1-15-13-19(18-5-3-4-6-20(18)26-15)22(28)25-11-12-27-23(29)21(32-24(27)30)14-16-7-9-17(31-2)10-8-16/h3-10,13-14H,11-12H2,1-2H3,(H,25,28). The highest BCUT2D eigenvalue weighted by Gasteiger charge is 2.34. The molecule has 1 fully saturated rings. The van der Waals surface area contributed by atoms with Crippen molar-refractivity contribution in [2.24, 2.45) is 0 Å². The third-order valence-electron chi connectivity index (χ3n) is 5.00. The lowest BCUT2D eigenvalue weighted by molar-refractivity contribution is -0.122. The zero-order valence-electron chi connectivity index (χ0n) is 17.6. The largest absolute Gasteiger partial charge is 0.497 e. The van der Waals surface area contributed by atoms with E-state index in [0.29, 0.717) is 16.2 Å². The number of hydrogen-bond acceptors (Lipinski definition) is 6. The van der Waals surface area contributed by atoms with Crippen LogP contribution in [0.2, 0.25) is 0 Å². The van der Waals surface area contributed by atoms with E-state index >= 15 is 0 Å². The van der Waals surface area contributed by atoms with Crippen LogP contribution in [0.1, 0.15) is 21.6 Å². The van der Waals surface area contributed by atoms with E-state index in [0.717, 1.165) is 38.8 Å². The second-order valence-electron chi connectivity index (χ2n) is 7.19. The third kappa shape index (κ3) is 4.50. The minimum absolute atomic E-state index is 0.0956. The molecule has 0 aliphatic carbocycles. The van der Waals surface area contributed by atoms with Gasteiger partial charge in [-0.15, -0.1) is 0 Å². The van der Waals surface area contributed by atoms with Gasteiger partial charge in [0.15, 0.2) is 0 Å². The van der Waals surface area contributed by atoms with E-state index in [2.05, 4.69) is 10.3 Å². The number of amides is 3. The van der Waals surface area contributed by atoms with Gasteiger partial charge >= 0.3 is 0 Å². The molecule has 0 unspecified atom stereocenters. The van der Waals surface area contributed by atoms with Gasteiger partial charge in [0.2, 0.25) is 0 Å². The van der Waals surface area contributed by atoms with Gasteiger partial charge in [0.25, 0.3) is 17.1 Å². The number of aryl methyl sites for hydroxylation is 1. The first-order valence-corrected chi connectivity index (χ1v) is 10.8. The van der Waals surface area contributed by atoms with Crippen LogP contribution in [0.15, 0.2) is 59.5 Å². The van der Waals surface area contributed by atoms with E-state index < -0.39 is 0 Å². The molecule has 2 aromatic carbocycles. The lowest BCUT2D eigenvalue weighted by Gasteiger charge is -2.14. The Labute approximate surface area is 189 Å². The predicted molar refractivity (Wildman–Crippen MR) is 124 cm³/mol. The molecule has 1 aromatic heterocycles. The van der Waals surface area contributed by atoms with Crippen molar-refractivity contribution in [1.82, 2.24) is 15.2 Å². The van der Waals surface area contributed by atoms with E-state index in [-0.39, 0.29) is 30.1 Å². The SMILES string of the molecule is COc1ccc(C=C2SC(=O)N(CCNC(=O)c3cc(C)nc4ccccc34)C2=O)cc1. The number of methoxy groups -OCH3 is 1. The van der Waals surface area contributed by atoms with Gasteiger partial charge in [0.05, 0.1) is 23.1 Å². The zero-order valence-corrected chi connectivity index (χ0v) is 18.4. The van der Waals surface area contributed by atoms with Crippen molar-refractivity contribution in [2.45, 2.75) is 6.92 Å². The number of hydrogen-bond donors (Lipinski definition) is 1. The highest BCUT2D eigenvalue weighted by atomic mass is 32.2. The first-order chi connectivity index (χ1) is 15.5. The molecule has 0 radical (unpaired) electrons. The molecule has 32 heavy (non-hydrogen) atoms. The van der Waals surface area contributed by atoms with Crippen molar-refractivity contribution in [2.75, 3.05) is 20.2 Å². The molecule has 0 saturated carbocycles. The lowest BCUT2D eigenvalue weighted by atomic mass is 10.1. The number of para-hydroxylation sites is 1. The number of thioether (sulfide) groups is 1. The molecular formula is C24H21N3O4S. The van der Waals surface area contributed by atoms with Gasteiger partial charge in [-0.3, -0.25) is 24.3 Å². The molecule has 1 aliphatic heterocycles. The Morgan fingerprint density at radius 2 is 1.91 bits per heavy atom. The Bertz CT molecular complexity index is 1240. The van der Waals surface area contributed by atoms with Gasteiger partial charge in [-0.1, -0.05) is 30.3 Å². The van der Waals surface area contributed by atoms with Crippen LogP contribution in [-0.4, -0.2) is 47.1 Å². The van der Waals surface area contributed by atoms with Crippen LogP contribution >= 0.6 is 11.8 Å². The number of rotatable bonds is 6. The molecule has 3 aromatic rings. The van der Waals surface area contributed by atoms with Gasteiger partial charge in [0.1, 0.15) is 5.75 Å². The Morgan fingerprint density at radius 3 is 2.66 bits per heavy atom. The van der Waals surface area contributed by atoms with Crippen molar-refractivity contribution in [1.29, 1.82) is 0 Å². The fraction of sp³-hybridized carbons (Fsp3) is 0.167. The van der Waals surface area contributed by atoms with E-state index in [1.165, 1.54) is 0 Å². The summed E-state index contributed by atoms with van der Waals surface area (Å²) in [5.74, 6) is 0.0749. The van der Waals surface area contributed by atoms with Crippen molar-refractivity contribution >= 4 is 45.8 Å². The number of carbonyl (C=O) groups is 3. The maximum absolute atomic E-state index is 12.8. The van der Waals surface area contributed by atoms with Gasteiger partial charge in [-0.25, -0.2) is 0 Å². The van der Waals surface area contributed by atoms with Crippen molar-refractivity contribution in [3.05, 3.63) is 76.3 Å². The van der Waals surface area contributed by atoms with Crippen LogP contribution in [0.3, 0.4) is 0 Å². The molecule has 8 heteroatoms. The topological polar surface area (TPSA) is 88.6 Å². The Balaban J connectivity index is 1.41. The minimum Gasteiger partial charge on any atom is -0.497 e. The fourth-order valence-corrected chi connectivity index (χ4v) is 4.28. The van der Waals surface area contributed by atoms with Crippen molar-refractivity contribution in [3.63, 3.8) is 0 Å². The Kier molecular flexibility index (Phi) is 6.23. The van der Waals surface area contributed by atoms with E-state index in [1.54, 1.807) is 31.4 Å². The maximum atomic E-state index is 12.8. The molecule has 1 saturated heterocycles. The summed E-state index contributed by atoms with van der Waals surface area (Å²) in [6.45, 7) is 2.08. The fourth-order valence-electron chi connectivity index (χ4n) is 3.42. The third-order valence-corrected chi connectivity index (χ3v) is 5.90. The molecule has 7 nitrogen and oxygen atoms in total. The van der Waals surface area contributed by atoms with Crippen molar-refractivity contribution in [3.8, 4) is 5.75 Å². The first kappa shape index (κ1) is 21.6. The van der Waals surface area contributed by atoms with Gasteiger partial charge < -0.3 is 10.1 Å². The monoisotopic (exact) mass is 447 g/mol. The highest BCUT2D eigenvalue weighted by molar-refractivity contribution is 8.18. The quantitative estimate of drug-likeness (QED) is 0.574. The summed E-state index contributed by atoms with van der Waals surface area (Å²) < 4.78 is 5.13. The van der Waals surface area contributed by atoms with E-state index in [4.69, 9.17) is 4.74 Å². The molecule has 0 bridgehead atoms. The normalized spacial score (nSPS) is 14.9. The van der Waals surface area contributed by atoms with E-state index in [9.17, 15) is 14.4 Å². The summed E-state index contributed by atoms with van der Waals surface area (Å²) in [6, 6.07) is 16.4. The summed E-state index contributed by atoms with van der Waals surface area (Å²) in [6.07, 6.45) is 1.68. The highest BCUT2D eigenvalue weighted by Crippen LogP contribution is 2.32. The molecule has 0 spiro atoms. The lowest BCUT2D eigenvalue weighted by Crippen LogP contribution is -2.37. The van der Waals surface area contributed by atoms with Gasteiger partial charge in [-0.2, -0.15) is 0 Å². The summed E-state index contributed by atoms with van der Waals surface area (Å²) in [5.41, 5.74) is 2.79. The van der Waals surface area contributed by atoms with Crippen LogP contribution < -0.4 is 10.1 Å². The van der Waals surface area contributed by atoms with Crippen LogP contribution in [0, 0.1) is 6.92 Å². The molecule has 162 valence electrons. The molecule has 4 rings (SSSR count). The average molecular weight is 448 g/mol. The second-order valence-corrected chi connectivity index (χ2v) is 8.18. The van der Waals surface area contributed by atoms with E-state index in [1.807, 2.05) is 43.3 Å². The van der Waals surface area contributed by atoms with Crippen molar-refractivity contribution < 1.29 is 19.1 Å². The van der Waals surface area contributed by atoms with Crippen LogP contribution in [0.4, 0.5) is 4.79 Å². The smallest absolute Gasteiger partial charge is 0.293 e. The minimum atomic E-state index is -0.365. The number of carbonyl (C=O) groups excluding carboxylic acids is 3. The number of fused-ring (bicyclic) bond motifs is 1. The Morgan fingerprint density at radius 1 is 1.16 bits per heavy atom. The van der Waals surface area contributed by atoms with Gasteiger partial charge in [-0.05, 0) is 54.6 Å². The van der Waals surface area contributed by atoms with Crippen LogP contribution in [-0.2, 0) is 4.79 Å². The summed E-state index contributed by atoms with van der Waals surface area (Å²) in [5, 5.41) is 3.21. The number of imide groups is 1. The van der Waals surface area contributed by atoms with Crippen LogP contribution in [0.5, 0.6) is 5.75 Å². The number of nitrogens with one attached hydrogen (secondary N) is 1. The number of pyridine rings is 1. The Hall–Kier alpha value is -3.65. The first-order valence-electron chi connectivity index (χ1n) is 10.0. The predicted octanol–water partition coefficient (Wildman–Crippen LogP) is 4.02. The second kappa shape index (κ2) is 9.23. The zero-order chi connectivity index (χ0) is 22.7. The average Bonchev–Trinajstić information content (AvgIpc) is 3.06. The molecule has 1 aliphatic rings. The summed E-state index contributed by atoms with van der Waals surface area (Å²) in [4.78, 5) is 43.7. The van der Waals surface area contributed by atoms with Crippen LogP contribution in [0.25, 0.3) is 17.0 Å². The summed E-state index contributed by atoms with van der Waals surface area (Å²) >= 11 is 0.892. The molecule has 2 heterocycles. The maximum Gasteiger partial charge on any atom is 0.293 e. The van der Waals surface area contributed by atoms with Gasteiger partial charge in [0, 0.05) is 24.2 Å². The molecule has 1 N–H and O–H groups in total. The number of nitrogens with zero attached hydrogens (tertiary/aromatic N) is 2. The summed E-state index contributed by atoms with van der Waals surface area (Å²) in [7, 11) is 1.58. The number of ether oxygens (including phenoxy) is 1.